The molecule has 0 saturated carbocycles. The Labute approximate surface area is 385 Å². The molecule has 10 aromatic carbocycles. The lowest BCUT2D eigenvalue weighted by Crippen LogP contribution is -2.40. The van der Waals surface area contributed by atoms with Crippen LogP contribution in [0.1, 0.15) is 47.2 Å². The van der Waals surface area contributed by atoms with Crippen molar-refractivity contribution in [3.8, 4) is 50.2 Å². The van der Waals surface area contributed by atoms with Crippen molar-refractivity contribution in [2.45, 2.75) is 24.7 Å². The number of hydrogen-bond donors (Lipinski definition) is 0. The van der Waals surface area contributed by atoms with Crippen LogP contribution in [0, 0.1) is 0 Å². The largest absolute Gasteiger partial charge is 0.309 e. The lowest BCUT2D eigenvalue weighted by molar-refractivity contribution is 0.563. The molecule has 0 saturated heterocycles. The maximum Gasteiger partial charge on any atom is 0.0721 e. The maximum absolute atomic E-state index is 2.62. The number of aromatic nitrogens is 1. The van der Waals surface area contributed by atoms with Crippen molar-refractivity contribution in [3.63, 3.8) is 0 Å². The molecule has 3 aliphatic rings. The van der Waals surface area contributed by atoms with Crippen LogP contribution in [0.3, 0.4) is 0 Å². The van der Waals surface area contributed by atoms with E-state index in [0.717, 1.165) is 17.1 Å². The molecule has 0 bridgehead atoms. The molecule has 0 unspecified atom stereocenters. The standard InChI is InChI=1S/C64H44N2/c1-63(2)49-30-14-16-32-51(49)64(52-33-17-15-31-50(52)63)53-34-20-29-46-45-27-12-18-35-55(45)66-56-36-19-13-28-47(56)60-58(40-54(64)61(59(46)53)62(60)66)65(44-25-10-5-11-26-44)57-38-37-43(41-21-6-3-7-22-41)39-48(57)42-23-8-4-9-24-42/h3-40H,1-2H3. The van der Waals surface area contributed by atoms with Gasteiger partial charge in [0.25, 0.3) is 0 Å². The summed E-state index contributed by atoms with van der Waals surface area (Å²) in [4.78, 5) is 2.57. The van der Waals surface area contributed by atoms with Crippen LogP contribution < -0.4 is 4.90 Å². The van der Waals surface area contributed by atoms with Crippen molar-refractivity contribution in [1.29, 1.82) is 0 Å². The fourth-order valence-corrected chi connectivity index (χ4v) is 12.5. The fraction of sp³-hybridized carbons (Fsp3) is 0.0625. The van der Waals surface area contributed by atoms with E-state index in [1.165, 1.54) is 105 Å². The van der Waals surface area contributed by atoms with Crippen LogP contribution >= 0.6 is 0 Å². The monoisotopic (exact) mass is 840 g/mol. The first kappa shape index (κ1) is 37.2. The van der Waals surface area contributed by atoms with E-state index in [-0.39, 0.29) is 5.41 Å². The van der Waals surface area contributed by atoms with Gasteiger partial charge in [0, 0.05) is 38.6 Å². The first-order chi connectivity index (χ1) is 32.5. The summed E-state index contributed by atoms with van der Waals surface area (Å²) in [6.45, 7) is 4.83. The van der Waals surface area contributed by atoms with Crippen LogP contribution in [0.25, 0.3) is 72.0 Å². The number of rotatable bonds is 5. The fourth-order valence-electron chi connectivity index (χ4n) is 12.5. The van der Waals surface area contributed by atoms with Gasteiger partial charge in [-0.3, -0.25) is 0 Å². The van der Waals surface area contributed by atoms with E-state index in [0.29, 0.717) is 0 Å². The van der Waals surface area contributed by atoms with Crippen molar-refractivity contribution >= 4 is 38.9 Å². The predicted molar refractivity (Wildman–Crippen MR) is 275 cm³/mol. The maximum atomic E-state index is 2.62. The Morgan fingerprint density at radius 1 is 0.379 bits per heavy atom. The number of anilines is 3. The topological polar surface area (TPSA) is 8.17 Å². The van der Waals surface area contributed by atoms with E-state index in [2.05, 4.69) is 254 Å². The highest BCUT2D eigenvalue weighted by molar-refractivity contribution is 6.24. The van der Waals surface area contributed by atoms with E-state index in [9.17, 15) is 0 Å². The van der Waals surface area contributed by atoms with Gasteiger partial charge < -0.3 is 9.47 Å². The van der Waals surface area contributed by atoms with Gasteiger partial charge >= 0.3 is 0 Å². The Morgan fingerprint density at radius 2 is 0.955 bits per heavy atom. The quantitative estimate of drug-likeness (QED) is 0.168. The van der Waals surface area contributed by atoms with Crippen LogP contribution in [0.2, 0.25) is 0 Å². The van der Waals surface area contributed by atoms with Gasteiger partial charge in [-0.25, -0.2) is 0 Å². The van der Waals surface area contributed by atoms with Crippen molar-refractivity contribution in [2.24, 2.45) is 0 Å². The first-order valence-electron chi connectivity index (χ1n) is 23.2. The van der Waals surface area contributed by atoms with E-state index in [4.69, 9.17) is 0 Å². The molecule has 310 valence electrons. The van der Waals surface area contributed by atoms with Gasteiger partial charge in [-0.2, -0.15) is 0 Å². The molecule has 0 atom stereocenters. The molecule has 11 aromatic rings. The highest BCUT2D eigenvalue weighted by Gasteiger charge is 2.55. The summed E-state index contributed by atoms with van der Waals surface area (Å²) in [5.41, 5.74) is 24.3. The minimum atomic E-state index is -0.609. The second kappa shape index (κ2) is 13.7. The Balaban J connectivity index is 1.21. The number of fused-ring (bicyclic) bond motifs is 12. The predicted octanol–water partition coefficient (Wildman–Crippen LogP) is 16.6. The van der Waals surface area contributed by atoms with E-state index < -0.39 is 5.41 Å². The first-order valence-corrected chi connectivity index (χ1v) is 23.2. The molecule has 2 nitrogen and oxygen atoms in total. The summed E-state index contributed by atoms with van der Waals surface area (Å²) < 4.78 is 2.61. The summed E-state index contributed by atoms with van der Waals surface area (Å²) in [5.74, 6) is 0. The van der Waals surface area contributed by atoms with E-state index in [1.807, 2.05) is 0 Å². The molecule has 0 amide bonds. The Hall–Kier alpha value is -8.20. The summed E-state index contributed by atoms with van der Waals surface area (Å²) in [6, 6.07) is 86.4. The molecule has 2 heterocycles. The zero-order valence-electron chi connectivity index (χ0n) is 36.8. The van der Waals surface area contributed by atoms with Gasteiger partial charge in [0.05, 0.1) is 33.5 Å². The third-order valence-corrected chi connectivity index (χ3v) is 15.2. The number of benzene rings is 10. The van der Waals surface area contributed by atoms with Crippen LogP contribution in [-0.4, -0.2) is 4.57 Å². The smallest absolute Gasteiger partial charge is 0.0721 e. The zero-order chi connectivity index (χ0) is 43.7. The van der Waals surface area contributed by atoms with Gasteiger partial charge in [0.15, 0.2) is 0 Å². The van der Waals surface area contributed by atoms with Crippen molar-refractivity contribution in [2.75, 3.05) is 4.90 Å². The zero-order valence-corrected chi connectivity index (χ0v) is 36.8. The molecule has 14 rings (SSSR count). The second-order valence-corrected chi connectivity index (χ2v) is 18.7. The molecule has 0 radical (unpaired) electrons. The highest BCUT2D eigenvalue weighted by atomic mass is 15.2. The molecule has 0 N–H and O–H groups in total. The summed E-state index contributed by atoms with van der Waals surface area (Å²) >= 11 is 0. The van der Waals surface area contributed by atoms with Crippen molar-refractivity contribution < 1.29 is 0 Å². The Kier molecular flexibility index (Phi) is 7.70. The van der Waals surface area contributed by atoms with Gasteiger partial charge in [0.1, 0.15) is 0 Å². The van der Waals surface area contributed by atoms with Gasteiger partial charge in [-0.1, -0.05) is 202 Å². The number of para-hydroxylation sites is 3. The average Bonchev–Trinajstić information content (AvgIpc) is 3.83. The average molecular weight is 841 g/mol. The van der Waals surface area contributed by atoms with Crippen molar-refractivity contribution in [3.05, 3.63) is 264 Å². The molecule has 2 aliphatic carbocycles. The Morgan fingerprint density at radius 3 is 1.68 bits per heavy atom. The van der Waals surface area contributed by atoms with Crippen LogP contribution in [-0.2, 0) is 10.8 Å². The molecule has 1 aliphatic heterocycles. The summed E-state index contributed by atoms with van der Waals surface area (Å²) in [5, 5.41) is 2.47. The molecule has 2 heteroatoms. The second-order valence-electron chi connectivity index (χ2n) is 18.7. The molecule has 0 fully saturated rings. The highest BCUT2D eigenvalue weighted by Crippen LogP contribution is 2.67. The molecule has 1 spiro atoms. The number of nitrogens with zero attached hydrogens (tertiary/aromatic N) is 2. The summed E-state index contributed by atoms with van der Waals surface area (Å²) in [7, 11) is 0. The number of hydrogen-bond acceptors (Lipinski definition) is 1. The lowest BCUT2D eigenvalue weighted by atomic mass is 9.55. The molecular formula is C64H44N2. The normalized spacial score (nSPS) is 14.2. The molecule has 1 aromatic heterocycles. The van der Waals surface area contributed by atoms with E-state index >= 15 is 0 Å². The van der Waals surface area contributed by atoms with Gasteiger partial charge in [-0.15, -0.1) is 0 Å². The van der Waals surface area contributed by atoms with Gasteiger partial charge in [-0.05, 0) is 104 Å². The van der Waals surface area contributed by atoms with Gasteiger partial charge in [0.2, 0.25) is 0 Å². The minimum Gasteiger partial charge on any atom is -0.309 e. The minimum absolute atomic E-state index is 0.217. The van der Waals surface area contributed by atoms with Crippen LogP contribution in [0.4, 0.5) is 17.1 Å². The van der Waals surface area contributed by atoms with Crippen molar-refractivity contribution in [1.82, 2.24) is 4.57 Å². The third kappa shape index (κ3) is 4.80. The molecule has 66 heavy (non-hydrogen) atoms. The van der Waals surface area contributed by atoms with Crippen LogP contribution in [0.15, 0.2) is 231 Å². The van der Waals surface area contributed by atoms with Crippen LogP contribution in [0.5, 0.6) is 0 Å². The van der Waals surface area contributed by atoms with E-state index in [1.54, 1.807) is 0 Å². The lowest BCUT2D eigenvalue weighted by Gasteiger charge is -2.47. The SMILES string of the molecule is CC1(C)c2ccccc2C2(c3ccccc31)c1cccc3c1-c1c2cc(N(c2ccccc2)c2ccc(-c4ccccc4)cc2-c2ccccc2)c2c4ccccc4n(c12)-c1ccccc1-3. The molecular weight excluding hydrogens is 797 g/mol. The summed E-state index contributed by atoms with van der Waals surface area (Å²) in [6.07, 6.45) is 0. The third-order valence-electron chi connectivity index (χ3n) is 15.2. The Bertz CT molecular complexity index is 3730.